The molecule has 7 heteroatoms. The molecule has 2 aliphatic heterocycles. The molecule has 188 valence electrons. The van der Waals surface area contributed by atoms with Gasteiger partial charge in [-0.25, -0.2) is 0 Å². The van der Waals surface area contributed by atoms with E-state index in [0.717, 1.165) is 24.9 Å². The maximum atomic E-state index is 12.3. The van der Waals surface area contributed by atoms with Crippen molar-refractivity contribution in [3.05, 3.63) is 34.9 Å². The zero-order chi connectivity index (χ0) is 25.8. The molecule has 0 bridgehead atoms. The Morgan fingerprint density at radius 1 is 0.971 bits per heavy atom. The molecule has 3 rings (SSSR count). The highest BCUT2D eigenvalue weighted by Gasteiger charge is 2.39. The maximum absolute atomic E-state index is 12.3. The van der Waals surface area contributed by atoms with E-state index in [0.29, 0.717) is 24.5 Å². The number of amides is 2. The van der Waals surface area contributed by atoms with Crippen LogP contribution in [0.5, 0.6) is 0 Å². The minimum atomic E-state index is -0.388. The lowest BCUT2D eigenvalue weighted by Crippen LogP contribution is -2.43. The van der Waals surface area contributed by atoms with Gasteiger partial charge in [-0.1, -0.05) is 65.3 Å². The molecule has 2 heterocycles. The third-order valence-corrected chi connectivity index (χ3v) is 6.56. The van der Waals surface area contributed by atoms with Gasteiger partial charge in [0, 0.05) is 54.7 Å². The first kappa shape index (κ1) is 28.0. The molecule has 1 aromatic rings. The summed E-state index contributed by atoms with van der Waals surface area (Å²) in [6.45, 7) is 14.8. The fourth-order valence-corrected chi connectivity index (χ4v) is 4.57. The lowest BCUT2D eigenvalue weighted by atomic mass is 9.82. The standard InChI is InChI=1S/C16H20ClNO2.C11H19NO2/c1-16(2,3)15(20)12-8-14(19)18(10-12)9-11-4-6-13(17)7-5-11;1-8(13)12-7-5-6-9(12)10(14)11(2,3)4/h4-7,12H,8-10H2,1-3H3;9H,5-7H2,1-4H3/t;9-/m.0/s1. The average Bonchev–Trinajstić information content (AvgIpc) is 3.35. The van der Waals surface area contributed by atoms with Gasteiger partial charge in [0.05, 0.1) is 6.04 Å². The van der Waals surface area contributed by atoms with Crippen LogP contribution in [0.25, 0.3) is 0 Å². The lowest BCUT2D eigenvalue weighted by molar-refractivity contribution is -0.139. The van der Waals surface area contributed by atoms with E-state index in [1.54, 1.807) is 9.80 Å². The summed E-state index contributed by atoms with van der Waals surface area (Å²) in [4.78, 5) is 51.0. The van der Waals surface area contributed by atoms with Gasteiger partial charge in [0.25, 0.3) is 0 Å². The minimum absolute atomic E-state index is 0.0186. The summed E-state index contributed by atoms with van der Waals surface area (Å²) in [6.07, 6.45) is 2.12. The molecular weight excluding hydrogens is 452 g/mol. The van der Waals surface area contributed by atoms with Crippen molar-refractivity contribution in [2.45, 2.75) is 80.3 Å². The average molecular weight is 491 g/mol. The van der Waals surface area contributed by atoms with E-state index in [1.807, 2.05) is 65.8 Å². The molecule has 0 aromatic heterocycles. The Morgan fingerprint density at radius 2 is 1.53 bits per heavy atom. The predicted octanol–water partition coefficient (Wildman–Crippen LogP) is 4.92. The van der Waals surface area contributed by atoms with Crippen molar-refractivity contribution in [2.24, 2.45) is 16.7 Å². The van der Waals surface area contributed by atoms with Crippen LogP contribution in [-0.2, 0) is 25.7 Å². The summed E-state index contributed by atoms with van der Waals surface area (Å²) < 4.78 is 0. The highest BCUT2D eigenvalue weighted by molar-refractivity contribution is 6.30. The molecule has 2 saturated heterocycles. The Morgan fingerprint density at radius 3 is 2.03 bits per heavy atom. The predicted molar refractivity (Wildman–Crippen MR) is 134 cm³/mol. The van der Waals surface area contributed by atoms with Crippen LogP contribution in [0.1, 0.15) is 73.3 Å². The molecule has 1 aromatic carbocycles. The van der Waals surface area contributed by atoms with E-state index < -0.39 is 0 Å². The summed E-state index contributed by atoms with van der Waals surface area (Å²) in [5.74, 6) is 0.261. The third-order valence-electron chi connectivity index (χ3n) is 6.31. The summed E-state index contributed by atoms with van der Waals surface area (Å²) in [7, 11) is 0. The van der Waals surface area contributed by atoms with E-state index in [4.69, 9.17) is 11.6 Å². The summed E-state index contributed by atoms with van der Waals surface area (Å²) >= 11 is 5.85. The molecule has 0 spiro atoms. The summed E-state index contributed by atoms with van der Waals surface area (Å²) in [6, 6.07) is 7.28. The number of carbonyl (C=O) groups is 4. The van der Waals surface area contributed by atoms with Gasteiger partial charge < -0.3 is 9.80 Å². The highest BCUT2D eigenvalue weighted by Crippen LogP contribution is 2.29. The first-order chi connectivity index (χ1) is 15.6. The van der Waals surface area contributed by atoms with E-state index in [9.17, 15) is 19.2 Å². The molecule has 34 heavy (non-hydrogen) atoms. The van der Waals surface area contributed by atoms with Gasteiger partial charge in [0.15, 0.2) is 5.78 Å². The SMILES string of the molecule is CC(=O)N1CCC[C@H]1C(=O)C(C)(C)C.CC(C)(C)C(=O)C1CC(=O)N(Cc2ccc(Cl)cc2)C1. The molecule has 2 fully saturated rings. The molecule has 2 aliphatic rings. The minimum Gasteiger partial charge on any atom is -0.338 e. The number of hydrogen-bond donors (Lipinski definition) is 0. The zero-order valence-corrected chi connectivity index (χ0v) is 22.4. The second kappa shape index (κ2) is 11.0. The van der Waals surface area contributed by atoms with Crippen molar-refractivity contribution in [1.29, 1.82) is 0 Å². The molecule has 0 N–H and O–H groups in total. The lowest BCUT2D eigenvalue weighted by Gasteiger charge is -2.28. The van der Waals surface area contributed by atoms with E-state index in [1.165, 1.54) is 6.92 Å². The van der Waals surface area contributed by atoms with Gasteiger partial charge in [-0.3, -0.25) is 19.2 Å². The van der Waals surface area contributed by atoms with Crippen molar-refractivity contribution in [2.75, 3.05) is 13.1 Å². The number of halogens is 1. The fourth-order valence-electron chi connectivity index (χ4n) is 4.44. The van der Waals surface area contributed by atoms with Crippen molar-refractivity contribution >= 4 is 35.0 Å². The largest absolute Gasteiger partial charge is 0.338 e. The van der Waals surface area contributed by atoms with Gasteiger partial charge >= 0.3 is 0 Å². The van der Waals surface area contributed by atoms with Crippen LogP contribution in [0.3, 0.4) is 0 Å². The number of nitrogens with zero attached hydrogens (tertiary/aromatic N) is 2. The number of ketones is 2. The van der Waals surface area contributed by atoms with Crippen molar-refractivity contribution < 1.29 is 19.2 Å². The molecule has 2 atom stereocenters. The molecule has 2 amide bonds. The second-order valence-corrected chi connectivity index (χ2v) is 11.8. The number of likely N-dealkylation sites (tertiary alicyclic amines) is 2. The quantitative estimate of drug-likeness (QED) is 0.600. The van der Waals surface area contributed by atoms with Gasteiger partial charge in [-0.2, -0.15) is 0 Å². The van der Waals surface area contributed by atoms with Gasteiger partial charge in [-0.15, -0.1) is 0 Å². The number of carbonyl (C=O) groups excluding carboxylic acids is 4. The summed E-state index contributed by atoms with van der Waals surface area (Å²) in [5.41, 5.74) is 0.302. The number of Topliss-reactive ketones (excluding diaryl/α,β-unsaturated/α-hetero) is 2. The van der Waals surface area contributed by atoms with Crippen LogP contribution in [0.15, 0.2) is 24.3 Å². The molecule has 6 nitrogen and oxygen atoms in total. The monoisotopic (exact) mass is 490 g/mol. The first-order valence-electron chi connectivity index (χ1n) is 12.0. The smallest absolute Gasteiger partial charge is 0.223 e. The topological polar surface area (TPSA) is 74.8 Å². The zero-order valence-electron chi connectivity index (χ0n) is 21.6. The Hall–Kier alpha value is -2.21. The van der Waals surface area contributed by atoms with Gasteiger partial charge in [-0.05, 0) is 30.5 Å². The fraction of sp³-hybridized carbons (Fsp3) is 0.630. The van der Waals surface area contributed by atoms with Crippen LogP contribution in [0.2, 0.25) is 5.02 Å². The Bertz CT molecular complexity index is 912. The Kier molecular flexibility index (Phi) is 9.09. The van der Waals surface area contributed by atoms with Crippen LogP contribution < -0.4 is 0 Å². The van der Waals surface area contributed by atoms with Crippen molar-refractivity contribution in [1.82, 2.24) is 9.80 Å². The molecule has 0 radical (unpaired) electrons. The molecular formula is C27H39ClN2O4. The normalized spacial score (nSPS) is 20.8. The van der Waals surface area contributed by atoms with Crippen molar-refractivity contribution in [3.8, 4) is 0 Å². The maximum Gasteiger partial charge on any atom is 0.223 e. The molecule has 0 aliphatic carbocycles. The molecule has 0 saturated carbocycles. The Balaban J connectivity index is 0.000000257. The van der Waals surface area contributed by atoms with E-state index in [2.05, 4.69) is 0 Å². The van der Waals surface area contributed by atoms with Gasteiger partial charge in [0.1, 0.15) is 5.78 Å². The number of hydrogen-bond acceptors (Lipinski definition) is 4. The van der Waals surface area contributed by atoms with Crippen LogP contribution >= 0.6 is 11.6 Å². The van der Waals surface area contributed by atoms with Gasteiger partial charge in [0.2, 0.25) is 11.8 Å². The van der Waals surface area contributed by atoms with Crippen LogP contribution in [-0.4, -0.2) is 52.3 Å². The summed E-state index contributed by atoms with van der Waals surface area (Å²) in [5, 5.41) is 0.683. The first-order valence-corrected chi connectivity index (χ1v) is 12.4. The van der Waals surface area contributed by atoms with Crippen LogP contribution in [0.4, 0.5) is 0 Å². The van der Waals surface area contributed by atoms with E-state index in [-0.39, 0.29) is 46.2 Å². The van der Waals surface area contributed by atoms with E-state index >= 15 is 0 Å². The number of rotatable bonds is 4. The van der Waals surface area contributed by atoms with Crippen LogP contribution in [0, 0.1) is 16.7 Å². The van der Waals surface area contributed by atoms with Crippen molar-refractivity contribution in [3.63, 3.8) is 0 Å². The molecule has 1 unspecified atom stereocenters. The Labute approximate surface area is 209 Å². The second-order valence-electron chi connectivity index (χ2n) is 11.4. The third kappa shape index (κ3) is 7.39. The highest BCUT2D eigenvalue weighted by atomic mass is 35.5. The number of benzene rings is 1.